The predicted molar refractivity (Wildman–Crippen MR) is 64.7 cm³/mol. The van der Waals surface area contributed by atoms with E-state index in [9.17, 15) is 4.79 Å². The van der Waals surface area contributed by atoms with Crippen LogP contribution in [0.1, 0.15) is 12.8 Å². The van der Waals surface area contributed by atoms with Crippen molar-refractivity contribution in [1.82, 2.24) is 19.6 Å². The third kappa shape index (κ3) is 1.88. The van der Waals surface area contributed by atoms with Gasteiger partial charge >= 0.3 is 5.69 Å². The summed E-state index contributed by atoms with van der Waals surface area (Å²) < 4.78 is 1.38. The van der Waals surface area contributed by atoms with Crippen molar-refractivity contribution in [2.75, 3.05) is 17.3 Å². The lowest BCUT2D eigenvalue weighted by Crippen LogP contribution is -2.28. The van der Waals surface area contributed by atoms with Crippen LogP contribution in [0.15, 0.2) is 17.2 Å². The number of halogens is 1. The van der Waals surface area contributed by atoms with E-state index in [4.69, 9.17) is 11.6 Å². The van der Waals surface area contributed by atoms with Gasteiger partial charge in [-0.2, -0.15) is 5.10 Å². The Morgan fingerprint density at radius 3 is 3.12 bits per heavy atom. The Kier molecular flexibility index (Phi) is 2.51. The van der Waals surface area contributed by atoms with Gasteiger partial charge < -0.3 is 4.90 Å². The van der Waals surface area contributed by atoms with E-state index in [1.54, 1.807) is 0 Å². The molecule has 0 aromatic carbocycles. The minimum atomic E-state index is -0.269. The molecule has 0 unspecified atom stereocenters. The van der Waals surface area contributed by atoms with E-state index in [0.717, 1.165) is 12.4 Å². The van der Waals surface area contributed by atoms with Gasteiger partial charge in [-0.25, -0.2) is 19.3 Å². The first kappa shape index (κ1) is 10.6. The molecule has 0 saturated heterocycles. The molecule has 2 aromatic rings. The molecule has 17 heavy (non-hydrogen) atoms. The van der Waals surface area contributed by atoms with Crippen LogP contribution in [0.2, 0.25) is 0 Å². The third-order valence-corrected chi connectivity index (χ3v) is 3.07. The Hall–Kier alpha value is -1.56. The average Bonchev–Trinajstić information content (AvgIpc) is 3.11. The monoisotopic (exact) mass is 253 g/mol. The number of fused-ring (bicyclic) bond motifs is 1. The maximum Gasteiger partial charge on any atom is 0.348 e. The Balaban J connectivity index is 2.00. The fourth-order valence-electron chi connectivity index (χ4n) is 1.92. The number of anilines is 1. The lowest BCUT2D eigenvalue weighted by atomic mass is 10.4. The number of aromatic amines is 1. The van der Waals surface area contributed by atoms with Gasteiger partial charge in [0.1, 0.15) is 12.1 Å². The molecule has 1 saturated carbocycles. The highest BCUT2D eigenvalue weighted by atomic mass is 35.5. The largest absolute Gasteiger partial charge is 0.352 e. The molecular weight excluding hydrogens is 242 g/mol. The molecule has 6 nitrogen and oxygen atoms in total. The topological polar surface area (TPSA) is 66.3 Å². The Morgan fingerprint density at radius 2 is 2.41 bits per heavy atom. The molecule has 2 heterocycles. The first-order valence-electron chi connectivity index (χ1n) is 5.55. The normalized spacial score (nSPS) is 15.4. The first-order chi connectivity index (χ1) is 8.29. The van der Waals surface area contributed by atoms with E-state index in [1.165, 1.54) is 23.6 Å². The summed E-state index contributed by atoms with van der Waals surface area (Å²) in [6.07, 6.45) is 3.86. The van der Waals surface area contributed by atoms with Crippen molar-refractivity contribution in [2.24, 2.45) is 0 Å². The van der Waals surface area contributed by atoms with E-state index >= 15 is 0 Å². The fourth-order valence-corrected chi connectivity index (χ4v) is 2.10. The van der Waals surface area contributed by atoms with Gasteiger partial charge in [0.2, 0.25) is 0 Å². The summed E-state index contributed by atoms with van der Waals surface area (Å²) >= 11 is 5.79. The summed E-state index contributed by atoms with van der Waals surface area (Å²) in [5.41, 5.74) is 0.314. The smallest absolute Gasteiger partial charge is 0.348 e. The number of nitrogens with zero attached hydrogens (tertiary/aromatic N) is 4. The number of hydrogen-bond donors (Lipinski definition) is 1. The standard InChI is InChI=1S/C10H12ClN5O/c11-3-4-15(7-1-2-7)8-5-9-13-14-10(17)16(9)6-12-8/h5-7H,1-4H2,(H,14,17). The molecular formula is C10H12ClN5O. The maximum absolute atomic E-state index is 11.3. The second-order valence-corrected chi connectivity index (χ2v) is 4.50. The van der Waals surface area contributed by atoms with Gasteiger partial charge in [-0.05, 0) is 12.8 Å². The van der Waals surface area contributed by atoms with Crippen LogP contribution in [0.5, 0.6) is 0 Å². The van der Waals surface area contributed by atoms with Crippen molar-refractivity contribution in [3.63, 3.8) is 0 Å². The van der Waals surface area contributed by atoms with E-state index in [1.807, 2.05) is 6.07 Å². The second kappa shape index (κ2) is 4.03. The zero-order valence-corrected chi connectivity index (χ0v) is 9.89. The molecule has 1 fully saturated rings. The lowest BCUT2D eigenvalue weighted by Gasteiger charge is -2.21. The summed E-state index contributed by atoms with van der Waals surface area (Å²) in [4.78, 5) is 17.8. The van der Waals surface area contributed by atoms with Crippen LogP contribution >= 0.6 is 11.6 Å². The van der Waals surface area contributed by atoms with Gasteiger partial charge in [0.25, 0.3) is 0 Å². The average molecular weight is 254 g/mol. The lowest BCUT2D eigenvalue weighted by molar-refractivity contribution is 0.806. The minimum absolute atomic E-state index is 0.269. The number of H-pyrrole nitrogens is 1. The van der Waals surface area contributed by atoms with Gasteiger partial charge in [-0.1, -0.05) is 0 Å². The number of hydrogen-bond acceptors (Lipinski definition) is 4. The first-order valence-corrected chi connectivity index (χ1v) is 6.08. The van der Waals surface area contributed by atoms with E-state index < -0.39 is 0 Å². The van der Waals surface area contributed by atoms with E-state index in [-0.39, 0.29) is 5.69 Å². The second-order valence-electron chi connectivity index (χ2n) is 4.12. The van der Waals surface area contributed by atoms with Crippen molar-refractivity contribution in [2.45, 2.75) is 18.9 Å². The third-order valence-electron chi connectivity index (χ3n) is 2.90. The highest BCUT2D eigenvalue weighted by Gasteiger charge is 2.29. The molecule has 0 bridgehead atoms. The molecule has 7 heteroatoms. The molecule has 0 spiro atoms. The number of alkyl halides is 1. The quantitative estimate of drug-likeness (QED) is 0.812. The number of rotatable bonds is 4. The maximum atomic E-state index is 11.3. The molecule has 1 N–H and O–H groups in total. The fraction of sp³-hybridized carbons (Fsp3) is 0.500. The van der Waals surface area contributed by atoms with Crippen LogP contribution in [-0.4, -0.2) is 38.0 Å². The van der Waals surface area contributed by atoms with Crippen molar-refractivity contribution in [1.29, 1.82) is 0 Å². The van der Waals surface area contributed by atoms with Gasteiger partial charge in [0.15, 0.2) is 5.65 Å². The van der Waals surface area contributed by atoms with Crippen LogP contribution < -0.4 is 10.6 Å². The molecule has 2 aromatic heterocycles. The van der Waals surface area contributed by atoms with Crippen molar-refractivity contribution in [3.05, 3.63) is 22.9 Å². The van der Waals surface area contributed by atoms with E-state index in [0.29, 0.717) is 17.6 Å². The van der Waals surface area contributed by atoms with Crippen molar-refractivity contribution < 1.29 is 0 Å². The van der Waals surface area contributed by atoms with Gasteiger partial charge in [-0.15, -0.1) is 11.6 Å². The van der Waals surface area contributed by atoms with Crippen molar-refractivity contribution >= 4 is 23.1 Å². The van der Waals surface area contributed by atoms with Gasteiger partial charge in [0.05, 0.1) is 0 Å². The Bertz CT molecular complexity index is 588. The van der Waals surface area contributed by atoms with Crippen LogP contribution in [-0.2, 0) is 0 Å². The Labute approximate surface area is 102 Å². The number of aromatic nitrogens is 4. The summed E-state index contributed by atoms with van der Waals surface area (Å²) in [6.45, 7) is 0.768. The molecule has 1 aliphatic carbocycles. The van der Waals surface area contributed by atoms with E-state index in [2.05, 4.69) is 20.1 Å². The highest BCUT2D eigenvalue weighted by Crippen LogP contribution is 2.30. The Morgan fingerprint density at radius 1 is 1.59 bits per heavy atom. The van der Waals surface area contributed by atoms with Crippen LogP contribution in [0.25, 0.3) is 5.65 Å². The van der Waals surface area contributed by atoms with Crippen LogP contribution in [0.4, 0.5) is 5.82 Å². The van der Waals surface area contributed by atoms with Crippen LogP contribution in [0.3, 0.4) is 0 Å². The summed E-state index contributed by atoms with van der Waals surface area (Å²) in [6, 6.07) is 2.34. The molecule has 0 radical (unpaired) electrons. The molecule has 0 amide bonds. The molecule has 1 aliphatic rings. The molecule has 90 valence electrons. The predicted octanol–water partition coefficient (Wildman–Crippen LogP) is 0.625. The molecule has 3 rings (SSSR count). The van der Waals surface area contributed by atoms with Crippen LogP contribution in [0, 0.1) is 0 Å². The zero-order chi connectivity index (χ0) is 11.8. The zero-order valence-electron chi connectivity index (χ0n) is 9.14. The summed E-state index contributed by atoms with van der Waals surface area (Å²) in [5.74, 6) is 1.40. The highest BCUT2D eigenvalue weighted by molar-refractivity contribution is 6.18. The summed E-state index contributed by atoms with van der Waals surface area (Å²) in [7, 11) is 0. The van der Waals surface area contributed by atoms with Gasteiger partial charge in [0, 0.05) is 24.5 Å². The molecule has 0 aliphatic heterocycles. The summed E-state index contributed by atoms with van der Waals surface area (Å²) in [5, 5.41) is 6.32. The minimum Gasteiger partial charge on any atom is -0.352 e. The van der Waals surface area contributed by atoms with Crippen molar-refractivity contribution in [3.8, 4) is 0 Å². The molecule has 0 atom stereocenters. The SMILES string of the molecule is O=c1[nH]nc2cc(N(CCCl)C3CC3)ncn12. The van der Waals surface area contributed by atoms with Gasteiger partial charge in [-0.3, -0.25) is 0 Å². The number of nitrogens with one attached hydrogen (secondary N) is 1.